The number of rotatable bonds is 0. The molecule has 0 unspecified atom stereocenters. The summed E-state index contributed by atoms with van der Waals surface area (Å²) in [5.74, 6) is 1.49. The second-order valence-electron chi connectivity index (χ2n) is 8.98. The molecule has 0 amide bonds. The predicted octanol–water partition coefficient (Wildman–Crippen LogP) is 7.91. The smallest absolute Gasteiger partial charge is 0 e. The van der Waals surface area contributed by atoms with Crippen molar-refractivity contribution in [2.24, 2.45) is 5.41 Å². The summed E-state index contributed by atoms with van der Waals surface area (Å²) < 4.78 is 0. The van der Waals surface area contributed by atoms with E-state index in [1.54, 1.807) is 0 Å². The van der Waals surface area contributed by atoms with Gasteiger partial charge in [-0.05, 0) is 10.3 Å². The van der Waals surface area contributed by atoms with Crippen LogP contribution in [0.2, 0.25) is 0 Å². The van der Waals surface area contributed by atoms with Crippen molar-refractivity contribution in [3.63, 3.8) is 0 Å². The fourth-order valence-electron chi connectivity index (χ4n) is 1.33. The zero-order valence-corrected chi connectivity index (χ0v) is 22.0. The molecule has 0 N–H and O–H groups in total. The molecule has 0 radical (unpaired) electrons. The van der Waals surface area contributed by atoms with Crippen LogP contribution in [0.15, 0.2) is 30.3 Å². The van der Waals surface area contributed by atoms with Crippen molar-refractivity contribution >= 4 is 7.92 Å². The van der Waals surface area contributed by atoms with Crippen molar-refractivity contribution in [3.8, 4) is 0 Å². The predicted molar refractivity (Wildman–Crippen MR) is 108 cm³/mol. The Morgan fingerprint density at radius 2 is 1.04 bits per heavy atom. The molecule has 0 spiro atoms. The van der Waals surface area contributed by atoms with E-state index in [4.69, 9.17) is 0 Å². The van der Waals surface area contributed by atoms with Gasteiger partial charge in [0, 0.05) is 25.8 Å². The summed E-state index contributed by atoms with van der Waals surface area (Å²) in [6.45, 7) is 28.9. The van der Waals surface area contributed by atoms with E-state index in [1.807, 2.05) is 30.3 Å². The first-order chi connectivity index (χ1) is 9.60. The SMILES string of the molecule is C[C-](C)C(C)(C)C.[CH2-]P(C(C)(C)C)C(C)(C)C.[Hf].c1cc[cH-]c1. The third kappa shape index (κ3) is 17.3. The van der Waals surface area contributed by atoms with Gasteiger partial charge in [-0.25, -0.2) is 12.1 Å². The van der Waals surface area contributed by atoms with Crippen molar-refractivity contribution in [3.05, 3.63) is 42.9 Å². The maximum Gasteiger partial charge on any atom is 0 e. The first-order valence-corrected chi connectivity index (χ1v) is 9.71. The van der Waals surface area contributed by atoms with Crippen molar-refractivity contribution in [1.29, 1.82) is 0 Å². The topological polar surface area (TPSA) is 0 Å². The van der Waals surface area contributed by atoms with Crippen LogP contribution in [0.4, 0.5) is 0 Å². The monoisotopic (exact) mass is 503 g/mol. The van der Waals surface area contributed by atoms with Gasteiger partial charge in [0.2, 0.25) is 0 Å². The second kappa shape index (κ2) is 12.1. The molecule has 2 heteroatoms. The zero-order chi connectivity index (χ0) is 18.2. The molecule has 0 nitrogen and oxygen atoms in total. The van der Waals surface area contributed by atoms with Crippen molar-refractivity contribution < 1.29 is 25.8 Å². The number of hydrogen-bond acceptors (Lipinski definition) is 0. The third-order valence-electron chi connectivity index (χ3n) is 3.68. The Hall–Kier alpha value is 0.650. The van der Waals surface area contributed by atoms with E-state index < -0.39 is 0 Å². The molecular weight excluding hydrogens is 462 g/mol. The molecule has 1 rings (SSSR count). The Balaban J connectivity index is -0.000000269. The van der Waals surface area contributed by atoms with E-state index in [1.165, 1.54) is 5.92 Å². The number of hydrogen-bond donors (Lipinski definition) is 0. The van der Waals surface area contributed by atoms with Crippen LogP contribution in [0.5, 0.6) is 0 Å². The molecule has 0 saturated carbocycles. The van der Waals surface area contributed by atoms with Crippen molar-refractivity contribution in [2.45, 2.75) is 86.5 Å². The Kier molecular flexibility index (Phi) is 14.9. The summed E-state index contributed by atoms with van der Waals surface area (Å²) in [5.41, 5.74) is 0.417. The summed E-state index contributed by atoms with van der Waals surface area (Å²) in [4.78, 5) is 0. The van der Waals surface area contributed by atoms with Crippen LogP contribution in [-0.4, -0.2) is 10.3 Å². The van der Waals surface area contributed by atoms with E-state index in [-0.39, 0.29) is 33.8 Å². The Morgan fingerprint density at radius 1 is 0.783 bits per heavy atom. The van der Waals surface area contributed by atoms with E-state index in [9.17, 15) is 0 Å². The molecule has 0 aliphatic carbocycles. The van der Waals surface area contributed by atoms with Crippen LogP contribution >= 0.6 is 7.92 Å². The molecule has 0 atom stereocenters. The van der Waals surface area contributed by atoms with Gasteiger partial charge in [-0.15, -0.1) is 0 Å². The van der Waals surface area contributed by atoms with Gasteiger partial charge in [-0.3, -0.25) is 7.92 Å². The van der Waals surface area contributed by atoms with Gasteiger partial charge in [0.1, 0.15) is 0 Å². The Morgan fingerprint density at radius 3 is 1.09 bits per heavy atom. The minimum absolute atomic E-state index is 0. The van der Waals surface area contributed by atoms with Crippen LogP contribution in [0, 0.1) is 18.0 Å². The molecule has 0 saturated heterocycles. The van der Waals surface area contributed by atoms with Gasteiger partial charge in [0.25, 0.3) is 0 Å². The minimum Gasteiger partial charge on any atom is -0.316 e. The van der Waals surface area contributed by atoms with Crippen LogP contribution < -0.4 is 0 Å². The fourth-order valence-corrected chi connectivity index (χ4v) is 3.34. The quantitative estimate of drug-likeness (QED) is 0.192. The molecule has 0 heterocycles. The first-order valence-electron chi connectivity index (χ1n) is 8.18. The van der Waals surface area contributed by atoms with Crippen LogP contribution in [0.3, 0.4) is 0 Å². The normalized spacial score (nSPS) is 11.9. The summed E-state index contributed by atoms with van der Waals surface area (Å²) in [6.07, 6.45) is 0. The summed E-state index contributed by atoms with van der Waals surface area (Å²) in [7, 11) is -0.113. The van der Waals surface area contributed by atoms with Gasteiger partial charge in [-0.2, -0.15) is 37.5 Å². The van der Waals surface area contributed by atoms with E-state index in [0.29, 0.717) is 15.7 Å². The molecule has 0 bridgehead atoms. The minimum atomic E-state index is -0.113. The van der Waals surface area contributed by atoms with Crippen LogP contribution in [0.25, 0.3) is 0 Å². The van der Waals surface area contributed by atoms with E-state index in [2.05, 4.69) is 82.8 Å². The molecule has 0 aliphatic heterocycles. The van der Waals surface area contributed by atoms with Gasteiger partial charge < -0.3 is 12.6 Å². The van der Waals surface area contributed by atoms with Crippen LogP contribution in [0.1, 0.15) is 76.2 Å². The molecule has 23 heavy (non-hydrogen) atoms. The Labute approximate surface area is 168 Å². The van der Waals surface area contributed by atoms with Gasteiger partial charge in [0.15, 0.2) is 0 Å². The molecule has 1 aromatic rings. The van der Waals surface area contributed by atoms with E-state index in [0.717, 1.165) is 0 Å². The molecule has 1 aromatic carbocycles. The second-order valence-corrected chi connectivity index (χ2v) is 12.5. The Bertz CT molecular complexity index is 313. The van der Waals surface area contributed by atoms with Gasteiger partial charge in [0.05, 0.1) is 0 Å². The largest absolute Gasteiger partial charge is 0.316 e. The maximum atomic E-state index is 4.25. The summed E-state index contributed by atoms with van der Waals surface area (Å²) in [5, 5.41) is 0.793. The van der Waals surface area contributed by atoms with Gasteiger partial charge in [-0.1, -0.05) is 62.3 Å². The molecule has 136 valence electrons. The molecular formula is C21H40HfP-3. The first kappa shape index (κ1) is 28.5. The third-order valence-corrected chi connectivity index (χ3v) is 6.91. The molecule has 0 aliphatic rings. The average Bonchev–Trinajstić information content (AvgIpc) is 2.83. The maximum absolute atomic E-state index is 4.25. The summed E-state index contributed by atoms with van der Waals surface area (Å²) >= 11 is 0. The molecule has 0 fully saturated rings. The van der Waals surface area contributed by atoms with Crippen molar-refractivity contribution in [1.82, 2.24) is 0 Å². The van der Waals surface area contributed by atoms with Gasteiger partial charge >= 0.3 is 0 Å². The van der Waals surface area contributed by atoms with Crippen LogP contribution in [-0.2, 0) is 25.8 Å². The zero-order valence-electron chi connectivity index (χ0n) is 17.5. The van der Waals surface area contributed by atoms with E-state index >= 15 is 0 Å². The average molecular weight is 502 g/mol. The molecule has 0 aromatic heterocycles. The fraction of sp³-hybridized carbons (Fsp3) is 0.667. The van der Waals surface area contributed by atoms with Crippen molar-refractivity contribution in [2.75, 3.05) is 0 Å². The standard InChI is InChI=1S/C9H20P.C7H15.C5H5.Hf/c1-8(2,3)10(7)9(4,5)6;1-6(2)7(3,4)5;1-2-4-5-3-1;/h7H2,1-6H3;1-5H3;1-5H;/q3*-1;. The summed E-state index contributed by atoms with van der Waals surface area (Å²) in [6, 6.07) is 10.0.